The van der Waals surface area contributed by atoms with E-state index in [9.17, 15) is 0 Å². The van der Waals surface area contributed by atoms with Crippen LogP contribution in [0.2, 0.25) is 0 Å². The summed E-state index contributed by atoms with van der Waals surface area (Å²) in [7, 11) is 0. The second-order valence-electron chi connectivity index (χ2n) is 0. The molecule has 0 atom stereocenters. The van der Waals surface area contributed by atoms with Crippen LogP contribution in [-0.2, 0) is 5.48 Å². The largest absolute Gasteiger partial charge is 4.00 e. The molecule has 0 aliphatic carbocycles. The Kier molecular flexibility index (Phi) is 247. The van der Waals surface area contributed by atoms with E-state index in [-0.39, 0.29) is 101 Å². The summed E-state index contributed by atoms with van der Waals surface area (Å²) >= 11 is 0. The average molecular weight is 134 g/mol. The van der Waals surface area contributed by atoms with Gasteiger partial charge in [0.1, 0.15) is 0 Å². The van der Waals surface area contributed by atoms with Gasteiger partial charge in [-0.2, -0.15) is 0 Å². The van der Waals surface area contributed by atoms with E-state index in [1.165, 1.54) is 0 Å². The molecule has 0 radical (unpaired) electrons. The summed E-state index contributed by atoms with van der Waals surface area (Å²) in [6.45, 7) is 0. The van der Waals surface area contributed by atoms with Crippen LogP contribution < -0.4 is 29.6 Å². The molecule has 0 aromatic carbocycles. The number of hydrogen-bond acceptors (Lipinski definition) is 0. The Balaban J connectivity index is 0. The zero-order valence-corrected chi connectivity index (χ0v) is 9.56. The van der Waals surface area contributed by atoms with Gasteiger partial charge in [0.15, 0.2) is 0 Å². The maximum absolute atomic E-state index is 0. The third kappa shape index (κ3) is 19.5. The molecule has 0 saturated carbocycles. The van der Waals surface area contributed by atoms with E-state index in [0.717, 1.165) is 0 Å². The van der Waals surface area contributed by atoms with Crippen molar-refractivity contribution in [2.24, 2.45) is 0 Å². The minimum Gasteiger partial charge on any atom is -2.00 e. The van der Waals surface area contributed by atoms with Gasteiger partial charge in [0, 0.05) is 0 Å². The molecule has 0 amide bonds. The summed E-state index contributed by atoms with van der Waals surface area (Å²) < 4.78 is 0. The zero-order valence-electron chi connectivity index (χ0n) is 3.19. The fraction of sp³-hybridized carbons (Fsp3) is 0. The van der Waals surface area contributed by atoms with Crippen molar-refractivity contribution in [2.75, 3.05) is 0 Å². The van der Waals surface area contributed by atoms with Crippen LogP contribution in [0.1, 0.15) is 0 Å². The van der Waals surface area contributed by atoms with Gasteiger partial charge in [0.25, 0.3) is 0 Å². The van der Waals surface area contributed by atoms with Crippen LogP contribution in [0, 0.1) is 0 Å². The molecule has 0 aliphatic heterocycles. The number of hydrogen-bond donors (Lipinski definition) is 0. The third-order valence-electron chi connectivity index (χ3n) is 0. The Labute approximate surface area is 99.0 Å². The molecule has 0 saturated heterocycles. The smallest absolute Gasteiger partial charge is 2.00 e. The zero-order chi connectivity index (χ0) is 0. The standard InChI is InChI=1S/Al.Ca.Na.O.Si/q+3;+2;+1;-2;+4. The van der Waals surface area contributed by atoms with Crippen molar-refractivity contribution in [3.63, 3.8) is 0 Å². The molecule has 5 heavy (non-hydrogen) atoms. The van der Waals surface area contributed by atoms with Gasteiger partial charge in [-0.3, -0.25) is 0 Å². The van der Waals surface area contributed by atoms with Crippen LogP contribution in [0.3, 0.4) is 0 Å². The first kappa shape index (κ1) is 43.9. The van der Waals surface area contributed by atoms with E-state index < -0.39 is 0 Å². The van der Waals surface area contributed by atoms with E-state index >= 15 is 0 Å². The van der Waals surface area contributed by atoms with Crippen LogP contribution in [0.4, 0.5) is 0 Å². The molecule has 0 heterocycles. The first-order chi connectivity index (χ1) is 0. The van der Waals surface area contributed by atoms with Crippen molar-refractivity contribution in [1.29, 1.82) is 0 Å². The fourth-order valence-electron chi connectivity index (χ4n) is 0. The predicted molar refractivity (Wildman–Crippen MR) is 17.9 cm³/mol. The Bertz CT molecular complexity index is 11.6. The Morgan fingerprint density at radius 2 is 1.00 bits per heavy atom. The molecule has 0 N–H and O–H groups in total. The van der Waals surface area contributed by atoms with Crippen molar-refractivity contribution in [1.82, 2.24) is 0 Å². The van der Waals surface area contributed by atoms with Gasteiger partial charge in [-0.25, -0.2) is 0 Å². The minimum atomic E-state index is 0. The molecule has 0 aliphatic rings. The van der Waals surface area contributed by atoms with Gasteiger partial charge in [-0.15, -0.1) is 0 Å². The molecule has 0 fully saturated rings. The van der Waals surface area contributed by atoms with Crippen molar-refractivity contribution in [3.8, 4) is 0 Å². The molecular weight excluding hydrogens is 134 g/mol. The van der Waals surface area contributed by atoms with Gasteiger partial charge in [0.05, 0.1) is 0 Å². The molecule has 0 rings (SSSR count). The van der Waals surface area contributed by atoms with Gasteiger partial charge in [-0.05, 0) is 0 Å². The van der Waals surface area contributed by atoms with E-state index in [1.807, 2.05) is 0 Å². The molecule has 1 nitrogen and oxygen atoms in total. The Morgan fingerprint density at radius 3 is 1.00 bits per heavy atom. The number of rotatable bonds is 0. The second kappa shape index (κ2) is 28.2. The quantitative estimate of drug-likeness (QED) is 0.300. The molecule has 0 bridgehead atoms. The van der Waals surface area contributed by atoms with Crippen LogP contribution in [-0.4, -0.2) is 66.1 Å². The van der Waals surface area contributed by atoms with Gasteiger partial charge in [-0.1, -0.05) is 0 Å². The van der Waals surface area contributed by atoms with E-state index in [0.29, 0.717) is 0 Å². The minimum absolute atomic E-state index is 0. The van der Waals surface area contributed by atoms with Crippen molar-refractivity contribution in [2.45, 2.75) is 0 Å². The molecule has 0 aromatic heterocycles. The molecule has 5 heteroatoms. The Hall–Kier alpha value is 2.97. The van der Waals surface area contributed by atoms with Crippen LogP contribution in [0.15, 0.2) is 0 Å². The summed E-state index contributed by atoms with van der Waals surface area (Å²) in [4.78, 5) is 0. The van der Waals surface area contributed by atoms with Crippen molar-refractivity contribution >= 4 is 66.1 Å². The van der Waals surface area contributed by atoms with Gasteiger partial charge < -0.3 is 5.48 Å². The maximum atomic E-state index is 0. The maximum Gasteiger partial charge on any atom is 4.00 e. The molecular formula is AlCaNaOSi+8. The summed E-state index contributed by atoms with van der Waals surface area (Å²) in [6, 6.07) is 0. The second-order valence-corrected chi connectivity index (χ2v) is 0. The van der Waals surface area contributed by atoms with Gasteiger partial charge >= 0.3 is 95.6 Å². The summed E-state index contributed by atoms with van der Waals surface area (Å²) in [5.41, 5.74) is 0. The molecule has 8 valence electrons. The molecule has 0 unspecified atom stereocenters. The van der Waals surface area contributed by atoms with Gasteiger partial charge in [0.2, 0.25) is 0 Å². The SMILES string of the molecule is [Al+3].[Ca+2].[Na+].[O-2].[Si+4]. The van der Waals surface area contributed by atoms with Crippen molar-refractivity contribution < 1.29 is 35.0 Å². The molecule has 0 aromatic rings. The topological polar surface area (TPSA) is 28.5 Å². The van der Waals surface area contributed by atoms with Crippen LogP contribution >= 0.6 is 0 Å². The fourth-order valence-corrected chi connectivity index (χ4v) is 0. The monoisotopic (exact) mass is 134 g/mol. The van der Waals surface area contributed by atoms with E-state index in [4.69, 9.17) is 0 Å². The molecule has 0 spiro atoms. The predicted octanol–water partition coefficient (Wildman–Crippen LogP) is -4.26. The Morgan fingerprint density at radius 1 is 1.00 bits per heavy atom. The summed E-state index contributed by atoms with van der Waals surface area (Å²) in [5.74, 6) is 0. The summed E-state index contributed by atoms with van der Waals surface area (Å²) in [6.07, 6.45) is 0. The first-order valence-electron chi connectivity index (χ1n) is 0. The van der Waals surface area contributed by atoms with Crippen molar-refractivity contribution in [3.05, 3.63) is 0 Å². The summed E-state index contributed by atoms with van der Waals surface area (Å²) in [5, 5.41) is 0. The van der Waals surface area contributed by atoms with Crippen LogP contribution in [0.25, 0.3) is 0 Å². The van der Waals surface area contributed by atoms with Crippen LogP contribution in [0.5, 0.6) is 0 Å². The average Bonchev–Trinajstić information content (AvgIpc) is 0. The normalized spacial score (nSPS) is 0. The first-order valence-corrected chi connectivity index (χ1v) is 0. The third-order valence-corrected chi connectivity index (χ3v) is 0. The van der Waals surface area contributed by atoms with E-state index in [2.05, 4.69) is 0 Å². The van der Waals surface area contributed by atoms with E-state index in [1.54, 1.807) is 0 Å².